The Morgan fingerprint density at radius 1 is 1.17 bits per heavy atom. The summed E-state index contributed by atoms with van der Waals surface area (Å²) in [6.07, 6.45) is 5.20. The van der Waals surface area contributed by atoms with E-state index in [1.54, 1.807) is 0 Å². The lowest BCUT2D eigenvalue weighted by atomic mass is 9.75. The average Bonchev–Trinajstić information content (AvgIpc) is 2.35. The fourth-order valence-electron chi connectivity index (χ4n) is 2.59. The molecule has 2 heteroatoms. The molecule has 1 saturated carbocycles. The van der Waals surface area contributed by atoms with Crippen molar-refractivity contribution in [2.75, 3.05) is 11.9 Å². The van der Waals surface area contributed by atoms with Crippen LogP contribution in [-0.4, -0.2) is 12.6 Å². The highest BCUT2D eigenvalue weighted by molar-refractivity contribution is 5.47. The molecule has 2 nitrogen and oxygen atoms in total. The van der Waals surface area contributed by atoms with Crippen LogP contribution in [0.5, 0.6) is 5.75 Å². The van der Waals surface area contributed by atoms with Crippen LogP contribution in [0.25, 0.3) is 0 Å². The number of hydrogen-bond donors (Lipinski definition) is 1. The van der Waals surface area contributed by atoms with E-state index in [0.717, 1.165) is 12.4 Å². The van der Waals surface area contributed by atoms with Crippen LogP contribution in [0.3, 0.4) is 0 Å². The lowest BCUT2D eigenvalue weighted by molar-refractivity contribution is 0.232. The van der Waals surface area contributed by atoms with Crippen molar-refractivity contribution in [2.24, 2.45) is 5.41 Å². The number of nitrogens with one attached hydrogen (secondary N) is 1. The molecule has 0 spiro atoms. The van der Waals surface area contributed by atoms with Crippen molar-refractivity contribution in [1.82, 2.24) is 0 Å². The van der Waals surface area contributed by atoms with Gasteiger partial charge in [0.1, 0.15) is 5.75 Å². The molecule has 0 aliphatic heterocycles. The van der Waals surface area contributed by atoms with Crippen LogP contribution in [0.2, 0.25) is 0 Å². The normalized spacial score (nSPS) is 19.5. The van der Waals surface area contributed by atoms with Gasteiger partial charge >= 0.3 is 0 Å². The standard InChI is InChI=1S/C16H25NO/c1-4-18-15-7-5-13(6-8-15)17-14-9-11-16(2,3)12-10-14/h5-8,14,17H,4,9-12H2,1-3H3. The van der Waals surface area contributed by atoms with E-state index < -0.39 is 0 Å². The summed E-state index contributed by atoms with van der Waals surface area (Å²) in [5.74, 6) is 0.952. The monoisotopic (exact) mass is 247 g/mol. The maximum absolute atomic E-state index is 5.45. The van der Waals surface area contributed by atoms with E-state index in [0.29, 0.717) is 11.5 Å². The van der Waals surface area contributed by atoms with Crippen LogP contribution in [0, 0.1) is 5.41 Å². The van der Waals surface area contributed by atoms with Crippen molar-refractivity contribution in [3.8, 4) is 5.75 Å². The van der Waals surface area contributed by atoms with Crippen molar-refractivity contribution in [3.05, 3.63) is 24.3 Å². The van der Waals surface area contributed by atoms with Crippen LogP contribution in [0.15, 0.2) is 24.3 Å². The Morgan fingerprint density at radius 3 is 2.33 bits per heavy atom. The molecule has 100 valence electrons. The van der Waals surface area contributed by atoms with E-state index in [-0.39, 0.29) is 0 Å². The minimum Gasteiger partial charge on any atom is -0.494 e. The summed E-state index contributed by atoms with van der Waals surface area (Å²) in [4.78, 5) is 0. The van der Waals surface area contributed by atoms with Crippen LogP contribution in [0.1, 0.15) is 46.5 Å². The molecule has 0 saturated heterocycles. The second kappa shape index (κ2) is 5.64. The van der Waals surface area contributed by atoms with E-state index in [1.165, 1.54) is 31.4 Å². The quantitative estimate of drug-likeness (QED) is 0.847. The summed E-state index contributed by atoms with van der Waals surface area (Å²) in [6, 6.07) is 8.95. The Hall–Kier alpha value is -1.18. The Bertz CT molecular complexity index is 359. The molecule has 0 bridgehead atoms. The van der Waals surface area contributed by atoms with Gasteiger partial charge in [-0.1, -0.05) is 13.8 Å². The zero-order chi connectivity index (χ0) is 13.0. The molecule has 1 N–H and O–H groups in total. The van der Waals surface area contributed by atoms with E-state index in [1.807, 2.05) is 19.1 Å². The lowest BCUT2D eigenvalue weighted by Gasteiger charge is -2.35. The number of hydrogen-bond acceptors (Lipinski definition) is 2. The topological polar surface area (TPSA) is 21.3 Å². The van der Waals surface area contributed by atoms with Crippen molar-refractivity contribution >= 4 is 5.69 Å². The first kappa shape index (κ1) is 13.3. The predicted molar refractivity (Wildman–Crippen MR) is 77.3 cm³/mol. The Labute approximate surface area is 111 Å². The van der Waals surface area contributed by atoms with E-state index >= 15 is 0 Å². The van der Waals surface area contributed by atoms with Crippen LogP contribution < -0.4 is 10.1 Å². The highest BCUT2D eigenvalue weighted by Gasteiger charge is 2.26. The van der Waals surface area contributed by atoms with Gasteiger partial charge in [-0.05, 0) is 62.3 Å². The molecule has 0 radical (unpaired) electrons. The van der Waals surface area contributed by atoms with Crippen molar-refractivity contribution in [2.45, 2.75) is 52.5 Å². The number of ether oxygens (including phenoxy) is 1. The molecule has 0 atom stereocenters. The molecule has 18 heavy (non-hydrogen) atoms. The van der Waals surface area contributed by atoms with Gasteiger partial charge in [-0.15, -0.1) is 0 Å². The molecule has 0 amide bonds. The first-order valence-corrected chi connectivity index (χ1v) is 7.08. The molecule has 2 rings (SSSR count). The Kier molecular flexibility index (Phi) is 4.15. The third-order valence-electron chi connectivity index (χ3n) is 3.88. The average molecular weight is 247 g/mol. The third-order valence-corrected chi connectivity index (χ3v) is 3.88. The minimum absolute atomic E-state index is 0.539. The summed E-state index contributed by atoms with van der Waals surface area (Å²) in [7, 11) is 0. The van der Waals surface area contributed by atoms with Crippen LogP contribution in [-0.2, 0) is 0 Å². The van der Waals surface area contributed by atoms with Gasteiger partial charge in [0.2, 0.25) is 0 Å². The van der Waals surface area contributed by atoms with Gasteiger partial charge < -0.3 is 10.1 Å². The van der Waals surface area contributed by atoms with Gasteiger partial charge in [-0.2, -0.15) is 0 Å². The fourth-order valence-corrected chi connectivity index (χ4v) is 2.59. The van der Waals surface area contributed by atoms with Crippen molar-refractivity contribution < 1.29 is 4.74 Å². The zero-order valence-corrected chi connectivity index (χ0v) is 11.8. The number of benzene rings is 1. The van der Waals surface area contributed by atoms with Crippen LogP contribution in [0.4, 0.5) is 5.69 Å². The summed E-state index contributed by atoms with van der Waals surface area (Å²) < 4.78 is 5.45. The first-order chi connectivity index (χ1) is 8.59. The SMILES string of the molecule is CCOc1ccc(NC2CCC(C)(C)CC2)cc1. The van der Waals surface area contributed by atoms with Gasteiger partial charge in [0.25, 0.3) is 0 Å². The van der Waals surface area contributed by atoms with Gasteiger partial charge in [0.15, 0.2) is 0 Å². The molecule has 0 aromatic heterocycles. The second-order valence-electron chi connectivity index (χ2n) is 6.04. The van der Waals surface area contributed by atoms with Gasteiger partial charge in [-0.25, -0.2) is 0 Å². The van der Waals surface area contributed by atoms with E-state index in [2.05, 4.69) is 31.3 Å². The number of rotatable bonds is 4. The Balaban J connectivity index is 1.86. The first-order valence-electron chi connectivity index (χ1n) is 7.08. The molecule has 1 aromatic rings. The van der Waals surface area contributed by atoms with Gasteiger partial charge in [-0.3, -0.25) is 0 Å². The zero-order valence-electron chi connectivity index (χ0n) is 11.8. The fraction of sp³-hybridized carbons (Fsp3) is 0.625. The van der Waals surface area contributed by atoms with E-state index in [4.69, 9.17) is 4.74 Å². The second-order valence-corrected chi connectivity index (χ2v) is 6.04. The largest absolute Gasteiger partial charge is 0.494 e. The summed E-state index contributed by atoms with van der Waals surface area (Å²) in [5, 5.41) is 3.63. The van der Waals surface area contributed by atoms with Crippen molar-refractivity contribution in [3.63, 3.8) is 0 Å². The molecule has 0 heterocycles. The third kappa shape index (κ3) is 3.66. The van der Waals surface area contributed by atoms with Gasteiger partial charge in [0.05, 0.1) is 6.61 Å². The maximum Gasteiger partial charge on any atom is 0.119 e. The molecule has 1 aliphatic carbocycles. The molecule has 1 aromatic carbocycles. The Morgan fingerprint density at radius 2 is 1.78 bits per heavy atom. The van der Waals surface area contributed by atoms with Gasteiger partial charge in [0, 0.05) is 11.7 Å². The summed E-state index contributed by atoms with van der Waals surface area (Å²) >= 11 is 0. The molecule has 0 unspecified atom stereocenters. The highest BCUT2D eigenvalue weighted by Crippen LogP contribution is 2.36. The smallest absolute Gasteiger partial charge is 0.119 e. The molecule has 1 fully saturated rings. The molecular formula is C16H25NO. The summed E-state index contributed by atoms with van der Waals surface area (Å²) in [5.41, 5.74) is 1.75. The van der Waals surface area contributed by atoms with Crippen LogP contribution >= 0.6 is 0 Å². The number of anilines is 1. The predicted octanol–water partition coefficient (Wildman–Crippen LogP) is 4.47. The lowest BCUT2D eigenvalue weighted by Crippen LogP contribution is -2.29. The molecule has 1 aliphatic rings. The van der Waals surface area contributed by atoms with Crippen molar-refractivity contribution in [1.29, 1.82) is 0 Å². The molecular weight excluding hydrogens is 222 g/mol. The van der Waals surface area contributed by atoms with E-state index in [9.17, 15) is 0 Å². The maximum atomic E-state index is 5.45. The summed E-state index contributed by atoms with van der Waals surface area (Å²) in [6.45, 7) is 7.49. The highest BCUT2D eigenvalue weighted by atomic mass is 16.5. The minimum atomic E-state index is 0.539.